The second-order valence-electron chi connectivity index (χ2n) is 3.61. The van der Waals surface area contributed by atoms with Crippen molar-refractivity contribution in [3.8, 4) is 0 Å². The van der Waals surface area contributed by atoms with Gasteiger partial charge in [-0.25, -0.2) is 4.79 Å². The van der Waals surface area contributed by atoms with Crippen molar-refractivity contribution in [2.75, 3.05) is 17.8 Å². The van der Waals surface area contributed by atoms with Crippen molar-refractivity contribution in [2.45, 2.75) is 26.7 Å². The number of hydrogen-bond donors (Lipinski definition) is 1. The fourth-order valence-electron chi connectivity index (χ4n) is 1.67. The highest BCUT2D eigenvalue weighted by molar-refractivity contribution is 6.18. The number of carbonyl (C=O) groups excluding carboxylic acids is 1. The predicted molar refractivity (Wildman–Crippen MR) is 70.9 cm³/mol. The first-order valence-corrected chi connectivity index (χ1v) is 6.36. The molecule has 0 aliphatic carbocycles. The minimum absolute atomic E-state index is 0.225. The van der Waals surface area contributed by atoms with Crippen LogP contribution in [-0.2, 0) is 17.6 Å². The largest absolute Gasteiger partial charge is 0.448 e. The molecule has 1 amide bonds. The van der Waals surface area contributed by atoms with E-state index in [4.69, 9.17) is 16.3 Å². The summed E-state index contributed by atoms with van der Waals surface area (Å²) in [5.74, 6) is 0.309. The number of alkyl halides is 1. The molecule has 0 saturated carbocycles. The molecule has 4 heteroatoms. The first kappa shape index (κ1) is 13.8. The van der Waals surface area contributed by atoms with E-state index in [-0.39, 0.29) is 6.61 Å². The number of benzene rings is 1. The van der Waals surface area contributed by atoms with Gasteiger partial charge in [0.1, 0.15) is 6.61 Å². The number of para-hydroxylation sites is 1. The van der Waals surface area contributed by atoms with E-state index in [9.17, 15) is 4.79 Å². The predicted octanol–water partition coefficient (Wildman–Crippen LogP) is 3.60. The number of nitrogens with one attached hydrogen (secondary N) is 1. The molecule has 94 valence electrons. The monoisotopic (exact) mass is 255 g/mol. The van der Waals surface area contributed by atoms with Gasteiger partial charge in [0.25, 0.3) is 0 Å². The van der Waals surface area contributed by atoms with Crippen molar-refractivity contribution >= 4 is 23.4 Å². The van der Waals surface area contributed by atoms with Crippen LogP contribution in [0.1, 0.15) is 25.0 Å². The molecule has 0 spiro atoms. The normalized spacial score (nSPS) is 10.1. The van der Waals surface area contributed by atoms with Gasteiger partial charge in [0, 0.05) is 0 Å². The average molecular weight is 256 g/mol. The van der Waals surface area contributed by atoms with Crippen LogP contribution >= 0.6 is 11.6 Å². The maximum Gasteiger partial charge on any atom is 0.411 e. The zero-order valence-corrected chi connectivity index (χ0v) is 11.0. The molecule has 0 aromatic heterocycles. The fraction of sp³-hybridized carbons (Fsp3) is 0.462. The van der Waals surface area contributed by atoms with Gasteiger partial charge in [-0.05, 0) is 24.0 Å². The van der Waals surface area contributed by atoms with E-state index >= 15 is 0 Å². The number of carbonyl (C=O) groups is 1. The third-order valence-electron chi connectivity index (χ3n) is 2.54. The highest BCUT2D eigenvalue weighted by atomic mass is 35.5. The molecular weight excluding hydrogens is 238 g/mol. The van der Waals surface area contributed by atoms with Crippen molar-refractivity contribution < 1.29 is 9.53 Å². The maximum absolute atomic E-state index is 11.5. The third-order valence-corrected chi connectivity index (χ3v) is 2.69. The molecule has 3 nitrogen and oxygen atoms in total. The van der Waals surface area contributed by atoms with Gasteiger partial charge < -0.3 is 4.74 Å². The highest BCUT2D eigenvalue weighted by Gasteiger charge is 2.10. The van der Waals surface area contributed by atoms with E-state index in [0.717, 1.165) is 29.7 Å². The average Bonchev–Trinajstić information content (AvgIpc) is 2.36. The Balaban J connectivity index is 2.83. The van der Waals surface area contributed by atoms with Crippen molar-refractivity contribution in [3.63, 3.8) is 0 Å². The second kappa shape index (κ2) is 7.17. The number of amides is 1. The Morgan fingerprint density at radius 1 is 1.29 bits per heavy atom. The SMILES string of the molecule is CCc1cccc(CC)c1NC(=O)OCCCl. The number of aryl methyl sites for hydroxylation is 2. The van der Waals surface area contributed by atoms with Gasteiger partial charge >= 0.3 is 6.09 Å². The van der Waals surface area contributed by atoms with E-state index in [1.54, 1.807) is 0 Å². The fourth-order valence-corrected chi connectivity index (χ4v) is 1.75. The number of halogens is 1. The molecule has 1 aromatic rings. The minimum atomic E-state index is -0.443. The summed E-state index contributed by atoms with van der Waals surface area (Å²) in [4.78, 5) is 11.5. The van der Waals surface area contributed by atoms with E-state index in [0.29, 0.717) is 5.88 Å². The van der Waals surface area contributed by atoms with Gasteiger partial charge in [0.2, 0.25) is 0 Å². The van der Waals surface area contributed by atoms with Crippen LogP contribution in [-0.4, -0.2) is 18.6 Å². The second-order valence-corrected chi connectivity index (χ2v) is 3.99. The topological polar surface area (TPSA) is 38.3 Å². The molecule has 0 heterocycles. The van der Waals surface area contributed by atoms with Crippen molar-refractivity contribution in [3.05, 3.63) is 29.3 Å². The van der Waals surface area contributed by atoms with E-state index < -0.39 is 6.09 Å². The maximum atomic E-state index is 11.5. The lowest BCUT2D eigenvalue weighted by Gasteiger charge is -2.14. The third kappa shape index (κ3) is 3.93. The lowest BCUT2D eigenvalue weighted by molar-refractivity contribution is 0.168. The summed E-state index contributed by atoms with van der Waals surface area (Å²) in [6.45, 7) is 4.34. The van der Waals surface area contributed by atoms with Crippen LogP contribution in [0, 0.1) is 0 Å². The molecule has 0 fully saturated rings. The van der Waals surface area contributed by atoms with E-state index in [1.165, 1.54) is 0 Å². The Morgan fingerprint density at radius 2 is 1.88 bits per heavy atom. The van der Waals surface area contributed by atoms with Crippen LogP contribution in [0.3, 0.4) is 0 Å². The van der Waals surface area contributed by atoms with Gasteiger partial charge in [-0.3, -0.25) is 5.32 Å². The molecule has 0 atom stereocenters. The van der Waals surface area contributed by atoms with Gasteiger partial charge in [-0.15, -0.1) is 11.6 Å². The van der Waals surface area contributed by atoms with Gasteiger partial charge in [0.05, 0.1) is 11.6 Å². The Bertz CT molecular complexity index is 357. The summed E-state index contributed by atoms with van der Waals surface area (Å²) in [6, 6.07) is 6.03. The summed E-state index contributed by atoms with van der Waals surface area (Å²) in [5, 5.41) is 2.80. The van der Waals surface area contributed by atoms with Crippen LogP contribution in [0.25, 0.3) is 0 Å². The summed E-state index contributed by atoms with van der Waals surface area (Å²) in [5.41, 5.74) is 3.11. The highest BCUT2D eigenvalue weighted by Crippen LogP contribution is 2.22. The Hall–Kier alpha value is -1.22. The molecule has 0 radical (unpaired) electrons. The molecule has 1 aromatic carbocycles. The zero-order chi connectivity index (χ0) is 12.7. The molecule has 1 N–H and O–H groups in total. The number of rotatable bonds is 5. The number of anilines is 1. The Morgan fingerprint density at radius 3 is 2.35 bits per heavy atom. The molecule has 17 heavy (non-hydrogen) atoms. The van der Waals surface area contributed by atoms with Crippen LogP contribution in [0.4, 0.5) is 10.5 Å². The molecule has 0 bridgehead atoms. The van der Waals surface area contributed by atoms with Crippen LogP contribution in [0.15, 0.2) is 18.2 Å². The lowest BCUT2D eigenvalue weighted by atomic mass is 10.0. The number of ether oxygens (including phenoxy) is 1. The quantitative estimate of drug-likeness (QED) is 0.817. The smallest absolute Gasteiger partial charge is 0.411 e. The van der Waals surface area contributed by atoms with Gasteiger partial charge in [-0.2, -0.15) is 0 Å². The molecule has 0 aliphatic heterocycles. The zero-order valence-electron chi connectivity index (χ0n) is 10.3. The van der Waals surface area contributed by atoms with Crippen LogP contribution in [0.2, 0.25) is 0 Å². The van der Waals surface area contributed by atoms with E-state index in [2.05, 4.69) is 19.2 Å². The molecule has 1 rings (SSSR count). The van der Waals surface area contributed by atoms with Crippen molar-refractivity contribution in [2.24, 2.45) is 0 Å². The van der Waals surface area contributed by atoms with Crippen LogP contribution < -0.4 is 5.32 Å². The summed E-state index contributed by atoms with van der Waals surface area (Å²) in [7, 11) is 0. The molecule has 0 aliphatic rings. The standard InChI is InChI=1S/C13H18ClNO2/c1-3-10-6-5-7-11(4-2)12(10)15-13(16)17-9-8-14/h5-7H,3-4,8-9H2,1-2H3,(H,15,16). The number of hydrogen-bond acceptors (Lipinski definition) is 2. The van der Waals surface area contributed by atoms with E-state index in [1.807, 2.05) is 18.2 Å². The lowest BCUT2D eigenvalue weighted by Crippen LogP contribution is -2.17. The van der Waals surface area contributed by atoms with Gasteiger partial charge in [0.15, 0.2) is 0 Å². The first-order valence-electron chi connectivity index (χ1n) is 5.83. The Labute approximate surface area is 107 Å². The van der Waals surface area contributed by atoms with Gasteiger partial charge in [-0.1, -0.05) is 32.0 Å². The minimum Gasteiger partial charge on any atom is -0.448 e. The summed E-state index contributed by atoms with van der Waals surface area (Å²) >= 11 is 5.46. The first-order chi connectivity index (χ1) is 8.22. The van der Waals surface area contributed by atoms with Crippen molar-refractivity contribution in [1.82, 2.24) is 0 Å². The van der Waals surface area contributed by atoms with Crippen LogP contribution in [0.5, 0.6) is 0 Å². The molecular formula is C13H18ClNO2. The Kier molecular flexibility index (Phi) is 5.84. The van der Waals surface area contributed by atoms with Crippen molar-refractivity contribution in [1.29, 1.82) is 0 Å². The summed E-state index contributed by atoms with van der Waals surface area (Å²) < 4.78 is 4.91. The molecule has 0 unspecified atom stereocenters. The summed E-state index contributed by atoms with van der Waals surface area (Å²) in [6.07, 6.45) is 1.30. The molecule has 0 saturated heterocycles.